The maximum absolute atomic E-state index is 4.47. The predicted molar refractivity (Wildman–Crippen MR) is 93.3 cm³/mol. The Morgan fingerprint density at radius 2 is 1.70 bits per heavy atom. The van der Waals surface area contributed by atoms with Crippen LogP contribution in [0.25, 0.3) is 11.3 Å². The van der Waals surface area contributed by atoms with Crippen LogP contribution in [0.2, 0.25) is 0 Å². The van der Waals surface area contributed by atoms with Crippen molar-refractivity contribution in [2.24, 2.45) is 11.8 Å². The first-order chi connectivity index (χ1) is 11.3. The van der Waals surface area contributed by atoms with Crippen molar-refractivity contribution in [3.8, 4) is 11.3 Å². The van der Waals surface area contributed by atoms with Gasteiger partial charge in [-0.25, -0.2) is 0 Å². The summed E-state index contributed by atoms with van der Waals surface area (Å²) in [7, 11) is 0. The lowest BCUT2D eigenvalue weighted by Crippen LogP contribution is -2.29. The number of aromatic nitrogens is 2. The zero-order valence-corrected chi connectivity index (χ0v) is 13.3. The third-order valence-electron chi connectivity index (χ3n) is 4.99. The average Bonchev–Trinajstić information content (AvgIpc) is 3.15. The Labute approximate surface area is 137 Å². The fraction of sp³-hybridized carbons (Fsp3) is 0.368. The average molecular weight is 306 g/mol. The first kappa shape index (κ1) is 14.4. The van der Waals surface area contributed by atoms with E-state index in [0.717, 1.165) is 48.5 Å². The van der Waals surface area contributed by atoms with Crippen LogP contribution in [0.5, 0.6) is 0 Å². The molecule has 0 amide bonds. The molecule has 1 aromatic heterocycles. The van der Waals surface area contributed by atoms with Gasteiger partial charge in [0.25, 0.3) is 0 Å². The van der Waals surface area contributed by atoms with E-state index in [1.807, 2.05) is 24.3 Å². The number of nitrogens with zero attached hydrogens (tertiary/aromatic N) is 4. The summed E-state index contributed by atoms with van der Waals surface area (Å²) in [6, 6.07) is 14.4. The highest BCUT2D eigenvalue weighted by atomic mass is 15.3. The quantitative estimate of drug-likeness (QED) is 0.813. The molecule has 0 spiro atoms. The van der Waals surface area contributed by atoms with Crippen molar-refractivity contribution in [3.63, 3.8) is 0 Å². The molecule has 2 saturated heterocycles. The molecule has 23 heavy (non-hydrogen) atoms. The Bertz CT molecular complexity index is 654. The van der Waals surface area contributed by atoms with E-state index in [4.69, 9.17) is 0 Å². The normalized spacial score (nSPS) is 23.9. The number of benzene rings is 1. The van der Waals surface area contributed by atoms with Crippen molar-refractivity contribution in [1.29, 1.82) is 0 Å². The Morgan fingerprint density at radius 1 is 0.957 bits per heavy atom. The molecule has 2 unspecified atom stereocenters. The molecular formula is C19H22N4. The Morgan fingerprint density at radius 3 is 2.30 bits per heavy atom. The molecule has 2 atom stereocenters. The summed E-state index contributed by atoms with van der Waals surface area (Å²) in [5.74, 6) is 2.52. The summed E-state index contributed by atoms with van der Waals surface area (Å²) in [4.78, 5) is 4.90. The summed E-state index contributed by atoms with van der Waals surface area (Å²) < 4.78 is 0. The monoisotopic (exact) mass is 306 g/mol. The highest BCUT2D eigenvalue weighted by molar-refractivity contribution is 5.59. The summed E-state index contributed by atoms with van der Waals surface area (Å²) in [5.41, 5.74) is 2.05. The molecule has 1 aromatic carbocycles. The molecular weight excluding hydrogens is 284 g/mol. The molecule has 0 aliphatic carbocycles. The van der Waals surface area contributed by atoms with Gasteiger partial charge in [0.15, 0.2) is 5.82 Å². The standard InChI is InChI=1S/C19H22N4/c1-2-10-22-11-16-13-23(14-17(16)12-22)19-9-8-18(20-21-19)15-6-4-3-5-7-15/h2-9,16-17H,1,10-14H2. The third kappa shape index (κ3) is 2.86. The molecule has 0 N–H and O–H groups in total. The molecule has 0 saturated carbocycles. The van der Waals surface area contributed by atoms with Gasteiger partial charge in [-0.2, -0.15) is 0 Å². The number of hydrogen-bond donors (Lipinski definition) is 0. The lowest BCUT2D eigenvalue weighted by Gasteiger charge is -2.21. The summed E-state index contributed by atoms with van der Waals surface area (Å²) >= 11 is 0. The molecule has 4 rings (SSSR count). The highest BCUT2D eigenvalue weighted by Gasteiger charge is 2.39. The summed E-state index contributed by atoms with van der Waals surface area (Å²) in [6.07, 6.45) is 2.01. The molecule has 2 aliphatic heterocycles. The molecule has 0 radical (unpaired) electrons. The molecule has 4 nitrogen and oxygen atoms in total. The van der Waals surface area contributed by atoms with Gasteiger partial charge in [-0.15, -0.1) is 16.8 Å². The van der Waals surface area contributed by atoms with Crippen LogP contribution in [0.4, 0.5) is 5.82 Å². The van der Waals surface area contributed by atoms with Gasteiger partial charge in [-0.1, -0.05) is 36.4 Å². The van der Waals surface area contributed by atoms with Crippen LogP contribution in [-0.2, 0) is 0 Å². The van der Waals surface area contributed by atoms with Crippen LogP contribution >= 0.6 is 0 Å². The SMILES string of the molecule is C=CCN1CC2CN(c3ccc(-c4ccccc4)nn3)CC2C1. The van der Waals surface area contributed by atoms with Crippen LogP contribution < -0.4 is 4.90 Å². The third-order valence-corrected chi connectivity index (χ3v) is 4.99. The van der Waals surface area contributed by atoms with Crippen molar-refractivity contribution >= 4 is 5.82 Å². The van der Waals surface area contributed by atoms with Gasteiger partial charge in [0.1, 0.15) is 0 Å². The number of anilines is 1. The van der Waals surface area contributed by atoms with Crippen LogP contribution in [-0.4, -0.2) is 47.8 Å². The number of fused-ring (bicyclic) bond motifs is 1. The molecule has 4 heteroatoms. The van der Waals surface area contributed by atoms with E-state index < -0.39 is 0 Å². The maximum Gasteiger partial charge on any atom is 0.151 e. The predicted octanol–water partition coefficient (Wildman–Crippen LogP) is 2.70. The lowest BCUT2D eigenvalue weighted by atomic mass is 10.0. The van der Waals surface area contributed by atoms with E-state index in [1.165, 1.54) is 13.1 Å². The maximum atomic E-state index is 4.47. The van der Waals surface area contributed by atoms with E-state index in [2.05, 4.69) is 50.8 Å². The second kappa shape index (κ2) is 6.13. The molecule has 3 heterocycles. The van der Waals surface area contributed by atoms with E-state index in [9.17, 15) is 0 Å². The Kier molecular flexibility index (Phi) is 3.83. The second-order valence-electron chi connectivity index (χ2n) is 6.58. The minimum absolute atomic E-state index is 0.755. The lowest BCUT2D eigenvalue weighted by molar-refractivity contribution is 0.351. The van der Waals surface area contributed by atoms with E-state index in [1.54, 1.807) is 0 Å². The van der Waals surface area contributed by atoms with Gasteiger partial charge in [-0.05, 0) is 24.0 Å². The van der Waals surface area contributed by atoms with Gasteiger partial charge in [0.2, 0.25) is 0 Å². The minimum atomic E-state index is 0.755. The fourth-order valence-electron chi connectivity index (χ4n) is 3.87. The minimum Gasteiger partial charge on any atom is -0.354 e. The van der Waals surface area contributed by atoms with Crippen molar-refractivity contribution in [2.75, 3.05) is 37.6 Å². The summed E-state index contributed by atoms with van der Waals surface area (Å²) in [6.45, 7) is 9.41. The van der Waals surface area contributed by atoms with Gasteiger partial charge < -0.3 is 4.90 Å². The highest BCUT2D eigenvalue weighted by Crippen LogP contribution is 2.33. The summed E-state index contributed by atoms with van der Waals surface area (Å²) in [5, 5.41) is 8.88. The van der Waals surface area contributed by atoms with Gasteiger partial charge >= 0.3 is 0 Å². The van der Waals surface area contributed by atoms with Crippen LogP contribution in [0.1, 0.15) is 0 Å². The first-order valence-electron chi connectivity index (χ1n) is 8.31. The van der Waals surface area contributed by atoms with E-state index >= 15 is 0 Å². The zero-order valence-electron chi connectivity index (χ0n) is 13.3. The van der Waals surface area contributed by atoms with Gasteiger partial charge in [0, 0.05) is 38.3 Å². The van der Waals surface area contributed by atoms with Crippen LogP contribution in [0.15, 0.2) is 55.1 Å². The largest absolute Gasteiger partial charge is 0.354 e. The number of likely N-dealkylation sites (tertiary alicyclic amines) is 1. The molecule has 2 aliphatic rings. The molecule has 118 valence electrons. The van der Waals surface area contributed by atoms with Gasteiger partial charge in [-0.3, -0.25) is 4.90 Å². The fourth-order valence-corrected chi connectivity index (χ4v) is 3.87. The van der Waals surface area contributed by atoms with E-state index in [0.29, 0.717) is 0 Å². The Balaban J connectivity index is 1.44. The topological polar surface area (TPSA) is 32.3 Å². The van der Waals surface area contributed by atoms with Gasteiger partial charge in [0.05, 0.1) is 5.69 Å². The van der Waals surface area contributed by atoms with Crippen LogP contribution in [0.3, 0.4) is 0 Å². The first-order valence-corrected chi connectivity index (χ1v) is 8.31. The Hall–Kier alpha value is -2.20. The van der Waals surface area contributed by atoms with Crippen LogP contribution in [0, 0.1) is 11.8 Å². The van der Waals surface area contributed by atoms with Crippen molar-refractivity contribution in [2.45, 2.75) is 0 Å². The second-order valence-corrected chi connectivity index (χ2v) is 6.58. The number of hydrogen-bond acceptors (Lipinski definition) is 4. The molecule has 2 aromatic rings. The molecule has 2 fully saturated rings. The number of rotatable bonds is 4. The van der Waals surface area contributed by atoms with E-state index in [-0.39, 0.29) is 0 Å². The zero-order chi connectivity index (χ0) is 15.6. The molecule has 0 bridgehead atoms. The van der Waals surface area contributed by atoms with Crippen molar-refractivity contribution < 1.29 is 0 Å². The van der Waals surface area contributed by atoms with Crippen molar-refractivity contribution in [1.82, 2.24) is 15.1 Å². The smallest absolute Gasteiger partial charge is 0.151 e. The van der Waals surface area contributed by atoms with Crippen molar-refractivity contribution in [3.05, 3.63) is 55.1 Å².